The number of nitrogens with one attached hydrogen (secondary N) is 1. The fraction of sp³-hybridized carbons (Fsp3) is 0.267. The summed E-state index contributed by atoms with van der Waals surface area (Å²) in [5.74, 6) is 0. The number of aromatic amines is 1. The molecular formula is C15H15BrN4. The Morgan fingerprint density at radius 2 is 2.15 bits per heavy atom. The summed E-state index contributed by atoms with van der Waals surface area (Å²) in [6.45, 7) is 2.19. The summed E-state index contributed by atoms with van der Waals surface area (Å²) in [7, 11) is 0. The van der Waals surface area contributed by atoms with Crippen LogP contribution in [0.25, 0.3) is 22.4 Å². The van der Waals surface area contributed by atoms with E-state index >= 15 is 0 Å². The fourth-order valence-electron chi connectivity index (χ4n) is 2.19. The molecule has 0 radical (unpaired) electrons. The van der Waals surface area contributed by atoms with E-state index in [-0.39, 0.29) is 0 Å². The molecule has 0 aliphatic rings. The molecular weight excluding hydrogens is 316 g/mol. The Morgan fingerprint density at radius 3 is 3.00 bits per heavy atom. The van der Waals surface area contributed by atoms with Crippen LogP contribution < -0.4 is 0 Å². The Hall–Kier alpha value is -1.75. The molecule has 3 aromatic heterocycles. The molecule has 20 heavy (non-hydrogen) atoms. The number of aromatic nitrogens is 4. The van der Waals surface area contributed by atoms with E-state index < -0.39 is 0 Å². The van der Waals surface area contributed by atoms with E-state index in [4.69, 9.17) is 4.98 Å². The molecule has 3 aromatic rings. The Kier molecular flexibility index (Phi) is 3.78. The van der Waals surface area contributed by atoms with E-state index in [0.717, 1.165) is 45.6 Å². The Bertz CT molecular complexity index is 736. The lowest BCUT2D eigenvalue weighted by atomic mass is 10.1. The second kappa shape index (κ2) is 5.71. The van der Waals surface area contributed by atoms with Crippen LogP contribution in [0.1, 0.15) is 25.5 Å². The molecule has 0 saturated carbocycles. The van der Waals surface area contributed by atoms with Gasteiger partial charge in [-0.3, -0.25) is 4.98 Å². The average Bonchev–Trinajstić information content (AvgIpc) is 2.88. The lowest BCUT2D eigenvalue weighted by Crippen LogP contribution is -1.92. The Morgan fingerprint density at radius 1 is 1.25 bits per heavy atom. The highest BCUT2D eigenvalue weighted by atomic mass is 79.9. The first-order chi connectivity index (χ1) is 9.78. The van der Waals surface area contributed by atoms with E-state index in [9.17, 15) is 0 Å². The summed E-state index contributed by atoms with van der Waals surface area (Å²) < 4.78 is 0.730. The molecule has 3 heterocycles. The van der Waals surface area contributed by atoms with E-state index in [0.29, 0.717) is 0 Å². The maximum atomic E-state index is 4.73. The van der Waals surface area contributed by atoms with Crippen LogP contribution in [0.2, 0.25) is 0 Å². The standard InChI is InChI=1S/C15H15BrN4/c1-2-3-5-10-6-4-7-12(19-10)11-8-17-15-14(11)20-13(16)9-18-15/h4,6-9H,2-3,5H2,1H3,(H,17,18). The van der Waals surface area contributed by atoms with Crippen molar-refractivity contribution < 1.29 is 0 Å². The van der Waals surface area contributed by atoms with Gasteiger partial charge in [0.2, 0.25) is 0 Å². The molecule has 0 aromatic carbocycles. The van der Waals surface area contributed by atoms with E-state index in [2.05, 4.69) is 49.9 Å². The van der Waals surface area contributed by atoms with Crippen molar-refractivity contribution in [2.45, 2.75) is 26.2 Å². The first-order valence-electron chi connectivity index (χ1n) is 6.74. The number of hydrogen-bond donors (Lipinski definition) is 1. The van der Waals surface area contributed by atoms with Gasteiger partial charge in [0.1, 0.15) is 10.1 Å². The quantitative estimate of drug-likeness (QED) is 0.782. The third-order valence-corrected chi connectivity index (χ3v) is 3.60. The van der Waals surface area contributed by atoms with Gasteiger partial charge >= 0.3 is 0 Å². The normalized spacial score (nSPS) is 11.1. The van der Waals surface area contributed by atoms with Gasteiger partial charge in [0.25, 0.3) is 0 Å². The maximum Gasteiger partial charge on any atom is 0.156 e. The summed E-state index contributed by atoms with van der Waals surface area (Å²) in [6.07, 6.45) is 6.96. The average molecular weight is 331 g/mol. The number of pyridine rings is 1. The number of hydrogen-bond acceptors (Lipinski definition) is 3. The number of halogens is 1. The molecule has 0 amide bonds. The van der Waals surface area contributed by atoms with Crippen LogP contribution in [0, 0.1) is 0 Å². The molecule has 5 heteroatoms. The summed E-state index contributed by atoms with van der Waals surface area (Å²) >= 11 is 3.36. The summed E-state index contributed by atoms with van der Waals surface area (Å²) in [5.41, 5.74) is 4.69. The van der Waals surface area contributed by atoms with E-state index in [1.54, 1.807) is 6.20 Å². The highest BCUT2D eigenvalue weighted by molar-refractivity contribution is 9.10. The van der Waals surface area contributed by atoms with Gasteiger partial charge < -0.3 is 4.98 Å². The first kappa shape index (κ1) is 13.2. The van der Waals surface area contributed by atoms with Crippen molar-refractivity contribution in [3.63, 3.8) is 0 Å². The molecule has 0 aliphatic heterocycles. The highest BCUT2D eigenvalue weighted by Crippen LogP contribution is 2.26. The predicted octanol–water partition coefficient (Wildman–Crippen LogP) is 4.13. The van der Waals surface area contributed by atoms with Gasteiger partial charge in [0.15, 0.2) is 5.65 Å². The van der Waals surface area contributed by atoms with Crippen molar-refractivity contribution in [1.29, 1.82) is 0 Å². The second-order valence-electron chi connectivity index (χ2n) is 4.71. The minimum atomic E-state index is 0.730. The van der Waals surface area contributed by atoms with Gasteiger partial charge in [-0.1, -0.05) is 19.4 Å². The number of rotatable bonds is 4. The van der Waals surface area contributed by atoms with Gasteiger partial charge in [0.05, 0.1) is 11.9 Å². The topological polar surface area (TPSA) is 54.5 Å². The molecule has 0 saturated heterocycles. The lowest BCUT2D eigenvalue weighted by Gasteiger charge is -2.03. The van der Waals surface area contributed by atoms with E-state index in [1.165, 1.54) is 6.42 Å². The number of H-pyrrole nitrogens is 1. The zero-order valence-electron chi connectivity index (χ0n) is 11.2. The van der Waals surface area contributed by atoms with Crippen LogP contribution in [0.4, 0.5) is 0 Å². The number of aryl methyl sites for hydroxylation is 1. The van der Waals surface area contributed by atoms with Gasteiger partial charge in [0, 0.05) is 17.5 Å². The van der Waals surface area contributed by atoms with Crippen molar-refractivity contribution in [1.82, 2.24) is 19.9 Å². The first-order valence-corrected chi connectivity index (χ1v) is 7.53. The summed E-state index contributed by atoms with van der Waals surface area (Å²) in [5, 5.41) is 0. The zero-order valence-corrected chi connectivity index (χ0v) is 12.8. The minimum absolute atomic E-state index is 0.730. The van der Waals surface area contributed by atoms with E-state index in [1.807, 2.05) is 12.3 Å². The monoisotopic (exact) mass is 330 g/mol. The smallest absolute Gasteiger partial charge is 0.156 e. The van der Waals surface area contributed by atoms with Crippen LogP contribution >= 0.6 is 15.9 Å². The SMILES string of the molecule is CCCCc1cccc(-c2c[nH]c3ncc(Br)nc23)n1. The number of fused-ring (bicyclic) bond motifs is 1. The van der Waals surface area contributed by atoms with Crippen LogP contribution in [-0.2, 0) is 6.42 Å². The third kappa shape index (κ3) is 2.58. The molecule has 0 spiro atoms. The van der Waals surface area contributed by atoms with Crippen molar-refractivity contribution in [3.8, 4) is 11.3 Å². The Labute approximate surface area is 125 Å². The molecule has 3 rings (SSSR count). The third-order valence-electron chi connectivity index (χ3n) is 3.22. The molecule has 0 fully saturated rings. The maximum absolute atomic E-state index is 4.73. The molecule has 0 aliphatic carbocycles. The number of nitrogens with zero attached hydrogens (tertiary/aromatic N) is 3. The van der Waals surface area contributed by atoms with Crippen LogP contribution in [-0.4, -0.2) is 19.9 Å². The molecule has 0 unspecified atom stereocenters. The molecule has 0 bridgehead atoms. The molecule has 4 nitrogen and oxygen atoms in total. The zero-order chi connectivity index (χ0) is 13.9. The molecule has 102 valence electrons. The van der Waals surface area contributed by atoms with Crippen molar-refractivity contribution in [3.05, 3.63) is 40.9 Å². The van der Waals surface area contributed by atoms with Gasteiger partial charge in [-0.25, -0.2) is 9.97 Å². The Balaban J connectivity index is 2.04. The second-order valence-corrected chi connectivity index (χ2v) is 5.52. The number of unbranched alkanes of at least 4 members (excludes halogenated alkanes) is 1. The largest absolute Gasteiger partial charge is 0.344 e. The van der Waals surface area contributed by atoms with Crippen molar-refractivity contribution in [2.75, 3.05) is 0 Å². The van der Waals surface area contributed by atoms with Crippen LogP contribution in [0.3, 0.4) is 0 Å². The summed E-state index contributed by atoms with van der Waals surface area (Å²) in [4.78, 5) is 16.7. The molecule has 1 N–H and O–H groups in total. The predicted molar refractivity (Wildman–Crippen MR) is 83.4 cm³/mol. The van der Waals surface area contributed by atoms with Gasteiger partial charge in [-0.2, -0.15) is 0 Å². The van der Waals surface area contributed by atoms with Gasteiger partial charge in [-0.15, -0.1) is 0 Å². The lowest BCUT2D eigenvalue weighted by molar-refractivity contribution is 0.777. The highest BCUT2D eigenvalue weighted by Gasteiger charge is 2.10. The summed E-state index contributed by atoms with van der Waals surface area (Å²) in [6, 6.07) is 6.15. The van der Waals surface area contributed by atoms with Crippen molar-refractivity contribution >= 4 is 27.1 Å². The fourth-order valence-corrected chi connectivity index (χ4v) is 2.47. The van der Waals surface area contributed by atoms with Gasteiger partial charge in [-0.05, 0) is 40.9 Å². The molecule has 0 atom stereocenters. The van der Waals surface area contributed by atoms with Crippen molar-refractivity contribution in [2.24, 2.45) is 0 Å². The van der Waals surface area contributed by atoms with Crippen LogP contribution in [0.15, 0.2) is 35.2 Å². The minimum Gasteiger partial charge on any atom is -0.344 e. The van der Waals surface area contributed by atoms with Crippen LogP contribution in [0.5, 0.6) is 0 Å².